The number of benzene rings is 16. The lowest BCUT2D eigenvalue weighted by atomic mass is 9.81. The first-order chi connectivity index (χ1) is 42.4. The summed E-state index contributed by atoms with van der Waals surface area (Å²) in [6.07, 6.45) is 0. The van der Waals surface area contributed by atoms with Crippen molar-refractivity contribution in [3.63, 3.8) is 0 Å². The lowest BCUT2D eigenvalue weighted by Gasteiger charge is -2.31. The van der Waals surface area contributed by atoms with Crippen molar-refractivity contribution in [1.29, 1.82) is 0 Å². The molecule has 0 atom stereocenters. The zero-order valence-corrected chi connectivity index (χ0v) is 49.6. The van der Waals surface area contributed by atoms with Crippen LogP contribution in [-0.2, 0) is 16.2 Å². The van der Waals surface area contributed by atoms with Crippen LogP contribution in [0, 0.1) is 0 Å². The summed E-state index contributed by atoms with van der Waals surface area (Å²) < 4.78 is 0. The maximum atomic E-state index is 2.57. The van der Waals surface area contributed by atoms with Crippen LogP contribution in [0.3, 0.4) is 0 Å². The molecule has 3 aliphatic rings. The van der Waals surface area contributed by atoms with E-state index in [9.17, 15) is 0 Å². The van der Waals surface area contributed by atoms with Gasteiger partial charge in [-0.25, -0.2) is 0 Å². The van der Waals surface area contributed by atoms with Gasteiger partial charge in [0.1, 0.15) is 0 Å². The first-order valence-corrected chi connectivity index (χ1v) is 31.0. The van der Waals surface area contributed by atoms with Gasteiger partial charge in [0.25, 0.3) is 0 Å². The van der Waals surface area contributed by atoms with Crippen LogP contribution in [0.25, 0.3) is 120 Å². The molecular formula is C85H60N2. The quantitative estimate of drug-likeness (QED) is 0.121. The number of anilines is 6. The molecule has 0 radical (unpaired) electrons. The molecule has 0 bridgehead atoms. The molecule has 3 aliphatic carbocycles. The van der Waals surface area contributed by atoms with E-state index in [-0.39, 0.29) is 16.2 Å². The molecule has 0 spiro atoms. The maximum Gasteiger partial charge on any atom is 0.0540 e. The molecule has 0 aromatic heterocycles. The second-order valence-electron chi connectivity index (χ2n) is 26.7. The van der Waals surface area contributed by atoms with E-state index < -0.39 is 0 Å². The SMILES string of the molecule is CC1(C)c2ccccc2-c2ccc(N(c3ccc4c(c3)C(C)(C)c3cc(N(c5ccc6c(c5)C(C)(C)c5ccccc5-6)c5ccc6c7cccc8cccc(c9cccc5c96)c87)ccc3-4)c3ccc4c5cccc6cccc(c7cccc3c74)c65)cc21. The van der Waals surface area contributed by atoms with E-state index >= 15 is 0 Å². The van der Waals surface area contributed by atoms with Gasteiger partial charge in [-0.05, 0) is 203 Å². The monoisotopic (exact) mass is 1110 g/mol. The Morgan fingerprint density at radius 1 is 0.207 bits per heavy atom. The van der Waals surface area contributed by atoms with Gasteiger partial charge < -0.3 is 9.80 Å². The van der Waals surface area contributed by atoms with E-state index in [1.165, 1.54) is 164 Å². The van der Waals surface area contributed by atoms with Gasteiger partial charge in [0.2, 0.25) is 0 Å². The van der Waals surface area contributed by atoms with Gasteiger partial charge in [-0.3, -0.25) is 0 Å². The second-order valence-corrected chi connectivity index (χ2v) is 26.7. The number of nitrogens with zero attached hydrogens (tertiary/aromatic N) is 2. The van der Waals surface area contributed by atoms with Crippen LogP contribution in [-0.4, -0.2) is 0 Å². The van der Waals surface area contributed by atoms with E-state index in [0.717, 1.165) is 22.7 Å². The third-order valence-corrected chi connectivity index (χ3v) is 21.3. The predicted octanol–water partition coefficient (Wildman–Crippen LogP) is 23.6. The molecule has 0 N–H and O–H groups in total. The van der Waals surface area contributed by atoms with Crippen molar-refractivity contribution < 1.29 is 0 Å². The maximum absolute atomic E-state index is 2.57. The summed E-state index contributed by atoms with van der Waals surface area (Å²) in [6.45, 7) is 14.5. The Labute approximate surface area is 506 Å². The summed E-state index contributed by atoms with van der Waals surface area (Å²) in [7, 11) is 0. The fraction of sp³-hybridized carbons (Fsp3) is 0.106. The highest BCUT2D eigenvalue weighted by atomic mass is 15.2. The van der Waals surface area contributed by atoms with Crippen molar-refractivity contribution in [2.24, 2.45) is 0 Å². The van der Waals surface area contributed by atoms with Crippen LogP contribution in [0.5, 0.6) is 0 Å². The standard InChI is InChI=1S/C85H60N2/c1-83(2)71-31-9-7-21-55(71)57-37-33-51(45-73(57)83)86(77-43-41-67-63-25-13-19-49-17-11-23-61(79(49)63)65-27-15-29-69(77)81(65)67)53-35-39-59-60-40-36-54(48-76(60)85(5,6)75(59)47-53)87(52-34-38-58-56-22-8-10-32-72(56)84(3,4)74(58)46-52)78-44-42-68-64-26-14-20-50-18-12-24-62(80(50)64)66-28-16-30-70(78)82(66)68/h7-48H,1-6H3. The van der Waals surface area contributed by atoms with Crippen LogP contribution < -0.4 is 9.80 Å². The zero-order chi connectivity index (χ0) is 58.0. The second kappa shape index (κ2) is 17.0. The molecule has 16 aromatic rings. The first kappa shape index (κ1) is 49.0. The molecule has 2 heteroatoms. The minimum atomic E-state index is -0.359. The molecule has 19 rings (SSSR count). The molecule has 2 nitrogen and oxygen atoms in total. The van der Waals surface area contributed by atoms with E-state index in [1.807, 2.05) is 0 Å². The Morgan fingerprint density at radius 3 is 0.816 bits per heavy atom. The predicted molar refractivity (Wildman–Crippen MR) is 371 cm³/mol. The molecule has 0 unspecified atom stereocenters. The molecule has 0 saturated heterocycles. The first-order valence-electron chi connectivity index (χ1n) is 31.0. The van der Waals surface area contributed by atoms with Gasteiger partial charge in [-0.15, -0.1) is 0 Å². The number of fused-ring (bicyclic) bond motifs is 13. The van der Waals surface area contributed by atoms with Crippen molar-refractivity contribution in [2.45, 2.75) is 57.8 Å². The van der Waals surface area contributed by atoms with Gasteiger partial charge >= 0.3 is 0 Å². The third kappa shape index (κ3) is 6.39. The topological polar surface area (TPSA) is 6.48 Å². The average Bonchev–Trinajstić information content (AvgIpc) is 2.15. The summed E-state index contributed by atoms with van der Waals surface area (Å²) in [5.74, 6) is 0. The van der Waals surface area contributed by atoms with Crippen LogP contribution in [0.2, 0.25) is 0 Å². The molecular weight excluding hydrogens is 1050 g/mol. The molecule has 0 fully saturated rings. The van der Waals surface area contributed by atoms with Gasteiger partial charge in [-0.2, -0.15) is 0 Å². The van der Waals surface area contributed by atoms with Crippen molar-refractivity contribution in [1.82, 2.24) is 0 Å². The minimum Gasteiger partial charge on any atom is -0.310 e. The lowest BCUT2D eigenvalue weighted by molar-refractivity contribution is 0.660. The number of hydrogen-bond donors (Lipinski definition) is 0. The van der Waals surface area contributed by atoms with E-state index in [2.05, 4.69) is 306 Å². The Hall–Kier alpha value is -10.3. The summed E-state index contributed by atoms with van der Waals surface area (Å²) in [4.78, 5) is 5.14. The molecule has 0 amide bonds. The Kier molecular flexibility index (Phi) is 9.58. The van der Waals surface area contributed by atoms with Gasteiger partial charge in [-0.1, -0.05) is 236 Å². The highest BCUT2D eigenvalue weighted by Crippen LogP contribution is 2.58. The van der Waals surface area contributed by atoms with Gasteiger partial charge in [0.15, 0.2) is 0 Å². The highest BCUT2D eigenvalue weighted by molar-refractivity contribution is 6.36. The van der Waals surface area contributed by atoms with Gasteiger partial charge in [0.05, 0.1) is 11.4 Å². The number of hydrogen-bond acceptors (Lipinski definition) is 2. The summed E-state index contributed by atoms with van der Waals surface area (Å²) >= 11 is 0. The normalized spacial score (nSPS) is 14.8. The van der Waals surface area contributed by atoms with Crippen molar-refractivity contribution in [2.75, 3.05) is 9.80 Å². The van der Waals surface area contributed by atoms with Crippen LogP contribution in [0.15, 0.2) is 255 Å². The van der Waals surface area contributed by atoms with Crippen molar-refractivity contribution in [3.05, 3.63) is 288 Å². The fourth-order valence-electron chi connectivity index (χ4n) is 17.2. The smallest absolute Gasteiger partial charge is 0.0540 e. The molecule has 16 aromatic carbocycles. The fourth-order valence-corrected chi connectivity index (χ4v) is 17.2. The molecule has 87 heavy (non-hydrogen) atoms. The lowest BCUT2D eigenvalue weighted by Crippen LogP contribution is -2.19. The minimum absolute atomic E-state index is 0.170. The summed E-state index contributed by atoms with van der Waals surface area (Å²) in [6, 6.07) is 97.9. The Balaban J connectivity index is 0.805. The van der Waals surface area contributed by atoms with E-state index in [0.29, 0.717) is 0 Å². The summed E-state index contributed by atoms with van der Waals surface area (Å²) in [5.41, 5.74) is 22.2. The molecule has 0 saturated carbocycles. The van der Waals surface area contributed by atoms with Crippen LogP contribution in [0.4, 0.5) is 34.1 Å². The van der Waals surface area contributed by atoms with Crippen LogP contribution in [0.1, 0.15) is 74.9 Å². The van der Waals surface area contributed by atoms with E-state index in [4.69, 9.17) is 0 Å². The van der Waals surface area contributed by atoms with Crippen molar-refractivity contribution in [3.8, 4) is 33.4 Å². The van der Waals surface area contributed by atoms with Gasteiger partial charge in [0, 0.05) is 49.8 Å². The molecule has 410 valence electrons. The number of rotatable bonds is 6. The Morgan fingerprint density at radius 2 is 0.471 bits per heavy atom. The molecule has 0 heterocycles. The summed E-state index contributed by atoms with van der Waals surface area (Å²) in [5, 5.41) is 20.7. The highest BCUT2D eigenvalue weighted by Gasteiger charge is 2.40. The zero-order valence-electron chi connectivity index (χ0n) is 49.6. The average molecular weight is 1110 g/mol. The largest absolute Gasteiger partial charge is 0.310 e. The molecule has 0 aliphatic heterocycles. The van der Waals surface area contributed by atoms with E-state index in [1.54, 1.807) is 0 Å². The third-order valence-electron chi connectivity index (χ3n) is 21.3. The van der Waals surface area contributed by atoms with Crippen molar-refractivity contribution >= 4 is 120 Å². The van der Waals surface area contributed by atoms with Crippen LogP contribution >= 0.6 is 0 Å². The Bertz CT molecular complexity index is 5240.